The predicted octanol–water partition coefficient (Wildman–Crippen LogP) is 1.38. The van der Waals surface area contributed by atoms with Crippen molar-refractivity contribution in [1.82, 2.24) is 20.2 Å². The number of nitrogens with one attached hydrogen (secondary N) is 1. The Balaban J connectivity index is 2.32. The number of nitrogens with zero attached hydrogens (tertiary/aromatic N) is 3. The molecule has 0 saturated carbocycles. The first-order valence-corrected chi connectivity index (χ1v) is 5.85. The van der Waals surface area contributed by atoms with Crippen LogP contribution in [0.5, 0.6) is 0 Å². The summed E-state index contributed by atoms with van der Waals surface area (Å²) in [5, 5.41) is 4.24. The van der Waals surface area contributed by atoms with E-state index in [1.165, 1.54) is 12.3 Å². The Bertz CT molecular complexity index is 493. The maximum Gasteiger partial charge on any atom is 0.141 e. The van der Waals surface area contributed by atoms with Gasteiger partial charge in [-0.25, -0.2) is 9.82 Å². The molecule has 0 saturated heterocycles. The van der Waals surface area contributed by atoms with Gasteiger partial charge >= 0.3 is 0 Å². The molecular formula is C12H16FN5. The van der Waals surface area contributed by atoms with Crippen LogP contribution in [-0.4, -0.2) is 14.8 Å². The summed E-state index contributed by atoms with van der Waals surface area (Å²) in [6, 6.07) is 4.57. The number of aryl methyl sites for hydroxylation is 1. The van der Waals surface area contributed by atoms with Gasteiger partial charge in [0, 0.05) is 12.7 Å². The lowest BCUT2D eigenvalue weighted by molar-refractivity contribution is 0.513. The maximum atomic E-state index is 12.9. The molecule has 2 heterocycles. The zero-order chi connectivity index (χ0) is 13.0. The Kier molecular flexibility index (Phi) is 4.01. The first kappa shape index (κ1) is 12.7. The molecule has 3 N–H and O–H groups in total. The predicted molar refractivity (Wildman–Crippen MR) is 65.9 cm³/mol. The van der Waals surface area contributed by atoms with E-state index in [0.29, 0.717) is 5.69 Å². The third-order valence-corrected chi connectivity index (χ3v) is 2.69. The number of pyridine rings is 1. The number of rotatable bonds is 5. The van der Waals surface area contributed by atoms with Gasteiger partial charge in [0.25, 0.3) is 0 Å². The molecule has 0 radical (unpaired) electrons. The van der Waals surface area contributed by atoms with Crippen molar-refractivity contribution >= 4 is 0 Å². The molecule has 6 heteroatoms. The second-order valence-electron chi connectivity index (χ2n) is 3.98. The van der Waals surface area contributed by atoms with Crippen molar-refractivity contribution in [3.8, 4) is 0 Å². The summed E-state index contributed by atoms with van der Waals surface area (Å²) >= 11 is 0. The second-order valence-corrected chi connectivity index (χ2v) is 3.98. The molecule has 2 aromatic heterocycles. The lowest BCUT2D eigenvalue weighted by Gasteiger charge is -2.17. The topological polar surface area (TPSA) is 68.8 Å². The van der Waals surface area contributed by atoms with Gasteiger partial charge in [-0.3, -0.25) is 15.5 Å². The molecule has 1 unspecified atom stereocenters. The van der Waals surface area contributed by atoms with Gasteiger partial charge in [-0.1, -0.05) is 6.92 Å². The molecule has 2 aromatic rings. The van der Waals surface area contributed by atoms with Crippen LogP contribution in [0.2, 0.25) is 0 Å². The fourth-order valence-electron chi connectivity index (χ4n) is 1.87. The summed E-state index contributed by atoms with van der Waals surface area (Å²) in [4.78, 5) is 4.05. The van der Waals surface area contributed by atoms with Gasteiger partial charge in [-0.2, -0.15) is 5.10 Å². The van der Waals surface area contributed by atoms with Crippen LogP contribution in [0.25, 0.3) is 0 Å². The van der Waals surface area contributed by atoms with Gasteiger partial charge in [0.2, 0.25) is 0 Å². The van der Waals surface area contributed by atoms with Gasteiger partial charge in [0.1, 0.15) is 11.9 Å². The molecule has 0 aliphatic rings. The molecule has 96 valence electrons. The molecule has 5 nitrogen and oxygen atoms in total. The van der Waals surface area contributed by atoms with Crippen molar-refractivity contribution in [2.45, 2.75) is 25.9 Å². The van der Waals surface area contributed by atoms with Crippen LogP contribution in [0.15, 0.2) is 30.6 Å². The summed E-state index contributed by atoms with van der Waals surface area (Å²) < 4.78 is 14.7. The van der Waals surface area contributed by atoms with Gasteiger partial charge in [-0.15, -0.1) is 0 Å². The maximum absolute atomic E-state index is 12.9. The first-order valence-electron chi connectivity index (χ1n) is 5.85. The number of hydrazine groups is 1. The Labute approximate surface area is 105 Å². The quantitative estimate of drug-likeness (QED) is 0.620. The Hall–Kier alpha value is -1.79. The summed E-state index contributed by atoms with van der Waals surface area (Å²) in [7, 11) is 0. The third kappa shape index (κ3) is 2.55. The van der Waals surface area contributed by atoms with E-state index < -0.39 is 0 Å². The SMILES string of the molecule is CCCn1nccc1C(NN)c1ccc(F)cn1. The van der Waals surface area contributed by atoms with E-state index in [2.05, 4.69) is 22.4 Å². The second kappa shape index (κ2) is 5.70. The van der Waals surface area contributed by atoms with Crippen molar-refractivity contribution in [1.29, 1.82) is 0 Å². The highest BCUT2D eigenvalue weighted by molar-refractivity contribution is 5.21. The Morgan fingerprint density at radius 1 is 1.44 bits per heavy atom. The monoisotopic (exact) mass is 249 g/mol. The number of halogens is 1. The van der Waals surface area contributed by atoms with Crippen molar-refractivity contribution in [2.75, 3.05) is 0 Å². The van der Waals surface area contributed by atoms with Gasteiger partial charge in [0.05, 0.1) is 17.6 Å². The summed E-state index contributed by atoms with van der Waals surface area (Å²) in [5.41, 5.74) is 4.27. The average Bonchev–Trinajstić information content (AvgIpc) is 2.82. The number of nitrogens with two attached hydrogens (primary N) is 1. The van der Waals surface area contributed by atoms with E-state index >= 15 is 0 Å². The number of aromatic nitrogens is 3. The molecule has 0 spiro atoms. The van der Waals surface area contributed by atoms with E-state index in [4.69, 9.17) is 5.84 Å². The van der Waals surface area contributed by atoms with Crippen LogP contribution < -0.4 is 11.3 Å². The van der Waals surface area contributed by atoms with Crippen LogP contribution in [0.3, 0.4) is 0 Å². The van der Waals surface area contributed by atoms with Gasteiger partial charge in [-0.05, 0) is 24.6 Å². The molecule has 0 fully saturated rings. The van der Waals surface area contributed by atoms with Crippen molar-refractivity contribution in [3.05, 3.63) is 47.8 Å². The minimum atomic E-state index is -0.364. The zero-order valence-electron chi connectivity index (χ0n) is 10.2. The standard InChI is InChI=1S/C12H16FN5/c1-2-7-18-11(5-6-16-18)12(17-14)10-4-3-9(13)8-15-10/h3-6,8,12,17H,2,7,14H2,1H3. The van der Waals surface area contributed by atoms with Crippen LogP contribution >= 0.6 is 0 Å². The number of hydrogen-bond acceptors (Lipinski definition) is 4. The van der Waals surface area contributed by atoms with E-state index in [9.17, 15) is 4.39 Å². The highest BCUT2D eigenvalue weighted by Gasteiger charge is 2.17. The fraction of sp³-hybridized carbons (Fsp3) is 0.333. The van der Waals surface area contributed by atoms with E-state index in [1.807, 2.05) is 10.7 Å². The van der Waals surface area contributed by atoms with Crippen molar-refractivity contribution in [2.24, 2.45) is 5.84 Å². The smallest absolute Gasteiger partial charge is 0.141 e. The summed E-state index contributed by atoms with van der Waals surface area (Å²) in [6.45, 7) is 2.88. The summed E-state index contributed by atoms with van der Waals surface area (Å²) in [6.07, 6.45) is 3.88. The molecule has 0 aromatic carbocycles. The van der Waals surface area contributed by atoms with Crippen LogP contribution in [0.1, 0.15) is 30.8 Å². The minimum Gasteiger partial charge on any atom is -0.270 e. The van der Waals surface area contributed by atoms with Crippen molar-refractivity contribution in [3.63, 3.8) is 0 Å². The molecular weight excluding hydrogens is 233 g/mol. The van der Waals surface area contributed by atoms with Crippen LogP contribution in [0.4, 0.5) is 4.39 Å². The van der Waals surface area contributed by atoms with E-state index in [1.54, 1.807) is 12.3 Å². The molecule has 0 bridgehead atoms. The molecule has 0 amide bonds. The van der Waals surface area contributed by atoms with E-state index in [0.717, 1.165) is 18.7 Å². The third-order valence-electron chi connectivity index (χ3n) is 2.69. The van der Waals surface area contributed by atoms with E-state index in [-0.39, 0.29) is 11.9 Å². The lowest BCUT2D eigenvalue weighted by atomic mass is 10.1. The lowest BCUT2D eigenvalue weighted by Crippen LogP contribution is -2.31. The largest absolute Gasteiger partial charge is 0.270 e. The molecule has 2 rings (SSSR count). The van der Waals surface area contributed by atoms with Crippen LogP contribution in [0, 0.1) is 5.82 Å². The molecule has 0 aliphatic heterocycles. The van der Waals surface area contributed by atoms with Crippen LogP contribution in [-0.2, 0) is 6.54 Å². The highest BCUT2D eigenvalue weighted by Crippen LogP contribution is 2.19. The molecule has 18 heavy (non-hydrogen) atoms. The first-order chi connectivity index (χ1) is 8.76. The molecule has 0 aliphatic carbocycles. The highest BCUT2D eigenvalue weighted by atomic mass is 19.1. The summed E-state index contributed by atoms with van der Waals surface area (Å²) in [5.74, 6) is 5.21. The Morgan fingerprint density at radius 2 is 2.28 bits per heavy atom. The normalized spacial score (nSPS) is 12.6. The Morgan fingerprint density at radius 3 is 2.89 bits per heavy atom. The van der Waals surface area contributed by atoms with Gasteiger partial charge < -0.3 is 0 Å². The minimum absolute atomic E-state index is 0.292. The van der Waals surface area contributed by atoms with Gasteiger partial charge in [0.15, 0.2) is 0 Å². The zero-order valence-corrected chi connectivity index (χ0v) is 10.2. The van der Waals surface area contributed by atoms with Crippen molar-refractivity contribution < 1.29 is 4.39 Å². The number of hydrogen-bond donors (Lipinski definition) is 2. The molecule has 1 atom stereocenters. The average molecular weight is 249 g/mol. The fourth-order valence-corrected chi connectivity index (χ4v) is 1.87.